The Bertz CT molecular complexity index is 281. The second-order valence-corrected chi connectivity index (χ2v) is 4.62. The van der Waals surface area contributed by atoms with Gasteiger partial charge < -0.3 is 5.73 Å². The average molecular weight is 195 g/mol. The summed E-state index contributed by atoms with van der Waals surface area (Å²) in [4.78, 5) is 1.35. The van der Waals surface area contributed by atoms with Crippen LogP contribution in [-0.2, 0) is 0 Å². The fourth-order valence-corrected chi connectivity index (χ4v) is 2.08. The van der Waals surface area contributed by atoms with E-state index in [1.807, 2.05) is 18.7 Å². The molecule has 72 valence electrons. The minimum atomic E-state index is 0.269. The van der Waals surface area contributed by atoms with Crippen LogP contribution in [0.5, 0.6) is 0 Å². The van der Waals surface area contributed by atoms with Crippen LogP contribution in [0.25, 0.3) is 0 Å². The number of benzene rings is 1. The summed E-state index contributed by atoms with van der Waals surface area (Å²) in [6.07, 6.45) is 0. The Hall–Kier alpha value is -0.470. The molecule has 1 aromatic rings. The molecule has 0 aliphatic heterocycles. The van der Waals surface area contributed by atoms with E-state index in [-0.39, 0.29) is 6.04 Å². The Labute approximate surface area is 84.7 Å². The van der Waals surface area contributed by atoms with Gasteiger partial charge in [-0.3, -0.25) is 0 Å². The number of hydrogen-bond donors (Lipinski definition) is 1. The molecule has 0 saturated heterocycles. The van der Waals surface area contributed by atoms with Gasteiger partial charge in [-0.2, -0.15) is 0 Å². The Morgan fingerprint density at radius 3 is 2.62 bits per heavy atom. The normalized spacial score (nSPS) is 12.9. The summed E-state index contributed by atoms with van der Waals surface area (Å²) in [5.41, 5.74) is 8.37. The highest BCUT2D eigenvalue weighted by Gasteiger charge is 2.00. The van der Waals surface area contributed by atoms with Crippen molar-refractivity contribution in [2.24, 2.45) is 5.73 Å². The Kier molecular flexibility index (Phi) is 3.82. The van der Waals surface area contributed by atoms with Gasteiger partial charge in [-0.15, -0.1) is 11.8 Å². The van der Waals surface area contributed by atoms with Gasteiger partial charge in [-0.25, -0.2) is 0 Å². The van der Waals surface area contributed by atoms with E-state index in [0.29, 0.717) is 0 Å². The zero-order valence-electron chi connectivity index (χ0n) is 8.50. The van der Waals surface area contributed by atoms with Crippen molar-refractivity contribution in [2.45, 2.75) is 31.7 Å². The third-order valence-electron chi connectivity index (χ3n) is 1.83. The first-order valence-electron chi connectivity index (χ1n) is 4.55. The van der Waals surface area contributed by atoms with Gasteiger partial charge in [-0.1, -0.05) is 17.7 Å². The highest BCUT2D eigenvalue weighted by Crippen LogP contribution is 2.23. The van der Waals surface area contributed by atoms with Gasteiger partial charge in [0.2, 0.25) is 0 Å². The molecule has 1 aromatic carbocycles. The molecule has 0 aliphatic rings. The molecule has 0 spiro atoms. The highest BCUT2D eigenvalue weighted by molar-refractivity contribution is 7.99. The Morgan fingerprint density at radius 2 is 2.08 bits per heavy atom. The topological polar surface area (TPSA) is 26.0 Å². The lowest BCUT2D eigenvalue weighted by Gasteiger charge is -2.08. The smallest absolute Gasteiger partial charge is 0.0130 e. The molecule has 13 heavy (non-hydrogen) atoms. The molecule has 0 saturated carbocycles. The van der Waals surface area contributed by atoms with Gasteiger partial charge in [0.25, 0.3) is 0 Å². The van der Waals surface area contributed by atoms with Gasteiger partial charge >= 0.3 is 0 Å². The van der Waals surface area contributed by atoms with Gasteiger partial charge in [0.15, 0.2) is 0 Å². The average Bonchev–Trinajstić information content (AvgIpc) is 2.02. The van der Waals surface area contributed by atoms with Crippen LogP contribution >= 0.6 is 11.8 Å². The van der Waals surface area contributed by atoms with E-state index >= 15 is 0 Å². The molecule has 2 N–H and O–H groups in total. The van der Waals surface area contributed by atoms with Gasteiger partial charge in [0.1, 0.15) is 0 Å². The maximum absolute atomic E-state index is 5.70. The van der Waals surface area contributed by atoms with Crippen molar-refractivity contribution >= 4 is 11.8 Å². The van der Waals surface area contributed by atoms with Crippen molar-refractivity contribution in [3.05, 3.63) is 29.3 Å². The largest absolute Gasteiger partial charge is 0.327 e. The SMILES string of the molecule is Cc1ccc(SC[C@@H](C)N)c(C)c1. The quantitative estimate of drug-likeness (QED) is 0.750. The number of thioether (sulfide) groups is 1. The molecule has 0 aromatic heterocycles. The van der Waals surface area contributed by atoms with E-state index in [1.165, 1.54) is 16.0 Å². The highest BCUT2D eigenvalue weighted by atomic mass is 32.2. The van der Waals surface area contributed by atoms with Crippen molar-refractivity contribution in [3.8, 4) is 0 Å². The van der Waals surface area contributed by atoms with Gasteiger partial charge in [0.05, 0.1) is 0 Å². The predicted molar refractivity (Wildman–Crippen MR) is 60.3 cm³/mol. The second kappa shape index (κ2) is 4.68. The van der Waals surface area contributed by atoms with E-state index in [2.05, 4.69) is 32.0 Å². The number of aryl methyl sites for hydroxylation is 2. The van der Waals surface area contributed by atoms with Gasteiger partial charge in [-0.05, 0) is 32.4 Å². The summed E-state index contributed by atoms with van der Waals surface area (Å²) in [6, 6.07) is 6.81. The van der Waals surface area contributed by atoms with Crippen molar-refractivity contribution in [1.29, 1.82) is 0 Å². The van der Waals surface area contributed by atoms with Crippen LogP contribution in [0.15, 0.2) is 23.1 Å². The molecule has 1 nitrogen and oxygen atoms in total. The van der Waals surface area contributed by atoms with Crippen molar-refractivity contribution < 1.29 is 0 Å². The molecule has 0 fully saturated rings. The van der Waals surface area contributed by atoms with Crippen molar-refractivity contribution in [3.63, 3.8) is 0 Å². The molecule has 0 aliphatic carbocycles. The monoisotopic (exact) mass is 195 g/mol. The first-order chi connectivity index (χ1) is 6.09. The summed E-state index contributed by atoms with van der Waals surface area (Å²) >= 11 is 1.84. The fourth-order valence-electron chi connectivity index (χ4n) is 1.18. The number of hydrogen-bond acceptors (Lipinski definition) is 2. The molecule has 1 rings (SSSR count). The Morgan fingerprint density at radius 1 is 1.38 bits per heavy atom. The minimum Gasteiger partial charge on any atom is -0.327 e. The molecular formula is C11H17NS. The van der Waals surface area contributed by atoms with Crippen LogP contribution in [-0.4, -0.2) is 11.8 Å². The molecule has 0 radical (unpaired) electrons. The molecule has 0 amide bonds. The molecule has 0 unspecified atom stereocenters. The van der Waals surface area contributed by atoms with Crippen molar-refractivity contribution in [1.82, 2.24) is 0 Å². The van der Waals surface area contributed by atoms with Crippen LogP contribution in [0.3, 0.4) is 0 Å². The molecular weight excluding hydrogens is 178 g/mol. The third-order valence-corrected chi connectivity index (χ3v) is 3.29. The maximum Gasteiger partial charge on any atom is 0.0130 e. The summed E-state index contributed by atoms with van der Waals surface area (Å²) in [5.74, 6) is 0.990. The second-order valence-electron chi connectivity index (χ2n) is 3.56. The molecule has 2 heteroatoms. The molecule has 1 atom stereocenters. The van der Waals surface area contributed by atoms with E-state index in [4.69, 9.17) is 5.73 Å². The fraction of sp³-hybridized carbons (Fsp3) is 0.455. The number of nitrogens with two attached hydrogens (primary N) is 1. The Balaban J connectivity index is 2.67. The lowest BCUT2D eigenvalue weighted by atomic mass is 10.2. The van der Waals surface area contributed by atoms with Crippen LogP contribution in [0.4, 0.5) is 0 Å². The summed E-state index contributed by atoms with van der Waals surface area (Å²) < 4.78 is 0. The van der Waals surface area contributed by atoms with E-state index in [0.717, 1.165) is 5.75 Å². The van der Waals surface area contributed by atoms with Crippen LogP contribution < -0.4 is 5.73 Å². The predicted octanol–water partition coefficient (Wildman–Crippen LogP) is 2.74. The standard InChI is InChI=1S/C11H17NS/c1-8-4-5-11(9(2)6-8)13-7-10(3)12/h4-6,10H,7,12H2,1-3H3/t10-/m1/s1. The summed E-state index contributed by atoms with van der Waals surface area (Å²) in [5, 5.41) is 0. The van der Waals surface area contributed by atoms with Crippen LogP contribution in [0.1, 0.15) is 18.1 Å². The zero-order chi connectivity index (χ0) is 9.84. The van der Waals surface area contributed by atoms with Gasteiger partial charge in [0, 0.05) is 16.7 Å². The third kappa shape index (κ3) is 3.41. The van der Waals surface area contributed by atoms with E-state index in [1.54, 1.807) is 0 Å². The lowest BCUT2D eigenvalue weighted by Crippen LogP contribution is -2.17. The summed E-state index contributed by atoms with van der Waals surface area (Å²) in [7, 11) is 0. The number of rotatable bonds is 3. The summed E-state index contributed by atoms with van der Waals surface area (Å²) in [6.45, 7) is 6.31. The minimum absolute atomic E-state index is 0.269. The lowest BCUT2D eigenvalue weighted by molar-refractivity contribution is 0.847. The van der Waals surface area contributed by atoms with Crippen molar-refractivity contribution in [2.75, 3.05) is 5.75 Å². The molecule has 0 bridgehead atoms. The molecule has 0 heterocycles. The van der Waals surface area contributed by atoms with Crippen LogP contribution in [0, 0.1) is 13.8 Å². The zero-order valence-corrected chi connectivity index (χ0v) is 9.32. The first-order valence-corrected chi connectivity index (χ1v) is 5.54. The van der Waals surface area contributed by atoms with E-state index in [9.17, 15) is 0 Å². The van der Waals surface area contributed by atoms with Crippen LogP contribution in [0.2, 0.25) is 0 Å². The maximum atomic E-state index is 5.70. The first kappa shape index (κ1) is 10.6. The van der Waals surface area contributed by atoms with E-state index < -0.39 is 0 Å².